The molecule has 0 saturated carbocycles. The number of halogens is 1. The molecule has 0 aliphatic carbocycles. The normalized spacial score (nSPS) is 11.3. The van der Waals surface area contributed by atoms with Crippen LogP contribution in [-0.2, 0) is 0 Å². The van der Waals surface area contributed by atoms with E-state index in [1.807, 2.05) is 0 Å². The summed E-state index contributed by atoms with van der Waals surface area (Å²) in [6, 6.07) is 0.958. The van der Waals surface area contributed by atoms with Crippen LogP contribution in [0.25, 0.3) is 0 Å². The third kappa shape index (κ3) is 3.19. The van der Waals surface area contributed by atoms with Gasteiger partial charge in [0, 0.05) is 6.20 Å². The molecule has 1 aromatic heterocycles. The average Bonchev–Trinajstić information content (AvgIpc) is 2.36. The summed E-state index contributed by atoms with van der Waals surface area (Å²) in [5.41, 5.74) is -1.60. The van der Waals surface area contributed by atoms with Crippen molar-refractivity contribution in [1.29, 1.82) is 0 Å². The molecule has 1 aromatic rings. The van der Waals surface area contributed by atoms with Crippen LogP contribution in [0.2, 0.25) is 0 Å². The van der Waals surface area contributed by atoms with Crippen molar-refractivity contribution in [1.82, 2.24) is 10.3 Å². The van der Waals surface area contributed by atoms with Gasteiger partial charge in [-0.3, -0.25) is 9.78 Å². The van der Waals surface area contributed by atoms with Crippen LogP contribution in [0.3, 0.4) is 0 Å². The standard InChI is InChI=1S/C10H13FN2O4/c11-8-1-7(2-12-3-8)9(17)13-10(4-14,5-15)6-16/h1-3,14-16H,4-6H2,(H,13,17). The predicted octanol–water partition coefficient (Wildman–Crippen LogP) is -1.33. The monoisotopic (exact) mass is 244 g/mol. The van der Waals surface area contributed by atoms with Gasteiger partial charge in [0.05, 0.1) is 31.6 Å². The lowest BCUT2D eigenvalue weighted by Crippen LogP contribution is -2.57. The lowest BCUT2D eigenvalue weighted by atomic mass is 10.0. The van der Waals surface area contributed by atoms with Crippen LogP contribution in [0.15, 0.2) is 18.5 Å². The fraction of sp³-hybridized carbons (Fsp3) is 0.400. The number of rotatable bonds is 5. The van der Waals surface area contributed by atoms with E-state index in [9.17, 15) is 9.18 Å². The lowest BCUT2D eigenvalue weighted by Gasteiger charge is -2.28. The number of nitrogens with zero attached hydrogens (tertiary/aromatic N) is 1. The number of aromatic nitrogens is 1. The second kappa shape index (κ2) is 5.67. The second-order valence-corrected chi connectivity index (χ2v) is 3.60. The maximum absolute atomic E-state index is 12.8. The number of nitrogens with one attached hydrogen (secondary N) is 1. The van der Waals surface area contributed by atoms with E-state index in [1.165, 1.54) is 0 Å². The van der Waals surface area contributed by atoms with E-state index in [4.69, 9.17) is 15.3 Å². The molecule has 0 bridgehead atoms. The van der Waals surface area contributed by atoms with Crippen LogP contribution in [-0.4, -0.2) is 51.6 Å². The van der Waals surface area contributed by atoms with Crippen LogP contribution in [0.4, 0.5) is 4.39 Å². The van der Waals surface area contributed by atoms with Gasteiger partial charge < -0.3 is 20.6 Å². The molecule has 0 aliphatic rings. The number of pyridine rings is 1. The predicted molar refractivity (Wildman–Crippen MR) is 55.6 cm³/mol. The molecule has 0 atom stereocenters. The summed E-state index contributed by atoms with van der Waals surface area (Å²) in [4.78, 5) is 15.1. The number of hydrogen-bond donors (Lipinski definition) is 4. The van der Waals surface area contributed by atoms with Gasteiger partial charge in [0.2, 0.25) is 0 Å². The fourth-order valence-electron chi connectivity index (χ4n) is 1.12. The summed E-state index contributed by atoms with van der Waals surface area (Å²) >= 11 is 0. The third-order valence-electron chi connectivity index (χ3n) is 2.25. The molecule has 0 radical (unpaired) electrons. The molecule has 7 heteroatoms. The van der Waals surface area contributed by atoms with E-state index in [0.29, 0.717) is 0 Å². The van der Waals surface area contributed by atoms with E-state index in [-0.39, 0.29) is 5.56 Å². The van der Waals surface area contributed by atoms with Crippen molar-refractivity contribution in [3.63, 3.8) is 0 Å². The zero-order chi connectivity index (χ0) is 12.9. The van der Waals surface area contributed by atoms with Gasteiger partial charge in [-0.25, -0.2) is 4.39 Å². The van der Waals surface area contributed by atoms with Gasteiger partial charge in [-0.2, -0.15) is 0 Å². The van der Waals surface area contributed by atoms with Gasteiger partial charge in [-0.1, -0.05) is 0 Å². The largest absolute Gasteiger partial charge is 0.394 e. The van der Waals surface area contributed by atoms with Crippen molar-refractivity contribution >= 4 is 5.91 Å². The first-order valence-electron chi connectivity index (χ1n) is 4.82. The van der Waals surface area contributed by atoms with E-state index >= 15 is 0 Å². The molecule has 1 amide bonds. The smallest absolute Gasteiger partial charge is 0.253 e. The van der Waals surface area contributed by atoms with E-state index in [0.717, 1.165) is 18.5 Å². The van der Waals surface area contributed by atoms with Crippen LogP contribution in [0, 0.1) is 5.82 Å². The molecule has 0 unspecified atom stereocenters. The highest BCUT2D eigenvalue weighted by atomic mass is 19.1. The average molecular weight is 244 g/mol. The SMILES string of the molecule is O=C(NC(CO)(CO)CO)c1cncc(F)c1. The maximum Gasteiger partial charge on any atom is 0.253 e. The highest BCUT2D eigenvalue weighted by molar-refractivity contribution is 5.94. The summed E-state index contributed by atoms with van der Waals surface area (Å²) < 4.78 is 12.8. The Balaban J connectivity index is 2.84. The Kier molecular flexibility index (Phi) is 4.50. The number of amides is 1. The Bertz CT molecular complexity index is 387. The number of hydrogen-bond acceptors (Lipinski definition) is 5. The molecule has 0 spiro atoms. The first-order valence-corrected chi connectivity index (χ1v) is 4.82. The Morgan fingerprint density at radius 3 is 2.35 bits per heavy atom. The number of carbonyl (C=O) groups is 1. The number of aliphatic hydroxyl groups is 3. The molecular formula is C10H13FN2O4. The number of carbonyl (C=O) groups excluding carboxylic acids is 1. The number of aliphatic hydroxyl groups excluding tert-OH is 3. The molecule has 1 heterocycles. The van der Waals surface area contributed by atoms with Gasteiger partial charge >= 0.3 is 0 Å². The summed E-state index contributed by atoms with van der Waals surface area (Å²) in [7, 11) is 0. The Morgan fingerprint density at radius 2 is 1.88 bits per heavy atom. The third-order valence-corrected chi connectivity index (χ3v) is 2.25. The highest BCUT2D eigenvalue weighted by Crippen LogP contribution is 2.06. The second-order valence-electron chi connectivity index (χ2n) is 3.60. The molecule has 0 saturated heterocycles. The molecule has 0 fully saturated rings. The van der Waals surface area contributed by atoms with Crippen molar-refractivity contribution in [2.45, 2.75) is 5.54 Å². The van der Waals surface area contributed by atoms with Gasteiger partial charge in [-0.15, -0.1) is 0 Å². The Hall–Kier alpha value is -1.57. The van der Waals surface area contributed by atoms with Crippen molar-refractivity contribution < 1.29 is 24.5 Å². The summed E-state index contributed by atoms with van der Waals surface area (Å²) in [5.74, 6) is -1.42. The van der Waals surface area contributed by atoms with Crippen LogP contribution in [0.1, 0.15) is 10.4 Å². The maximum atomic E-state index is 12.8. The molecule has 0 aliphatic heterocycles. The molecule has 6 nitrogen and oxygen atoms in total. The van der Waals surface area contributed by atoms with Crippen LogP contribution >= 0.6 is 0 Å². The first kappa shape index (κ1) is 13.5. The van der Waals surface area contributed by atoms with Crippen LogP contribution < -0.4 is 5.32 Å². The molecule has 4 N–H and O–H groups in total. The Labute approximate surface area is 96.7 Å². The van der Waals surface area contributed by atoms with Crippen molar-refractivity contribution in [3.8, 4) is 0 Å². The summed E-state index contributed by atoms with van der Waals surface area (Å²) in [6.45, 7) is -1.93. The minimum Gasteiger partial charge on any atom is -0.394 e. The van der Waals surface area contributed by atoms with Gasteiger partial charge in [0.25, 0.3) is 5.91 Å². The van der Waals surface area contributed by atoms with Crippen molar-refractivity contribution in [2.24, 2.45) is 0 Å². The summed E-state index contributed by atoms with van der Waals surface area (Å²) in [5, 5.41) is 29.2. The van der Waals surface area contributed by atoms with Crippen LogP contribution in [0.5, 0.6) is 0 Å². The van der Waals surface area contributed by atoms with E-state index in [2.05, 4.69) is 10.3 Å². The van der Waals surface area contributed by atoms with E-state index in [1.54, 1.807) is 0 Å². The molecular weight excluding hydrogens is 231 g/mol. The molecule has 0 aromatic carbocycles. The highest BCUT2D eigenvalue weighted by Gasteiger charge is 2.30. The van der Waals surface area contributed by atoms with Gasteiger partial charge in [0.1, 0.15) is 11.4 Å². The summed E-state index contributed by atoms with van der Waals surface area (Å²) in [6.07, 6.45) is 2.07. The van der Waals surface area contributed by atoms with Crippen molar-refractivity contribution in [3.05, 3.63) is 29.8 Å². The topological polar surface area (TPSA) is 103 Å². The van der Waals surface area contributed by atoms with E-state index < -0.39 is 37.1 Å². The van der Waals surface area contributed by atoms with Gasteiger partial charge in [0.15, 0.2) is 0 Å². The van der Waals surface area contributed by atoms with Gasteiger partial charge in [-0.05, 0) is 6.07 Å². The molecule has 1 rings (SSSR count). The fourth-order valence-corrected chi connectivity index (χ4v) is 1.12. The first-order chi connectivity index (χ1) is 8.06. The van der Waals surface area contributed by atoms with Crippen molar-refractivity contribution in [2.75, 3.05) is 19.8 Å². The zero-order valence-corrected chi connectivity index (χ0v) is 8.93. The lowest BCUT2D eigenvalue weighted by molar-refractivity contribution is 0.0375. The minimum absolute atomic E-state index is 0.0651. The molecule has 94 valence electrons. The molecule has 17 heavy (non-hydrogen) atoms. The Morgan fingerprint density at radius 1 is 1.29 bits per heavy atom. The quantitative estimate of drug-likeness (QED) is 0.513. The zero-order valence-electron chi connectivity index (χ0n) is 8.93. The minimum atomic E-state index is -1.54.